The maximum Gasteiger partial charge on any atom is 0.530 e. The van der Waals surface area contributed by atoms with Crippen LogP contribution in [-0.2, 0) is 0 Å². The van der Waals surface area contributed by atoms with E-state index in [1.165, 1.54) is 0 Å². The molecule has 0 bridgehead atoms. The molecule has 0 N–H and O–H groups in total. The molecule has 0 aliphatic heterocycles. The Morgan fingerprint density at radius 1 is 0.319 bits per heavy atom. The molecule has 0 heterocycles. The highest BCUT2D eigenvalue weighted by atomic mass is 31.2. The summed E-state index contributed by atoms with van der Waals surface area (Å²) < 4.78 is 37.5. The fraction of sp³-hybridized carbons (Fsp3) is 0.0769. The molecule has 0 aliphatic carbocycles. The molecule has 47 heavy (non-hydrogen) atoms. The van der Waals surface area contributed by atoms with Gasteiger partial charge in [0.25, 0.3) is 0 Å². The summed E-state index contributed by atoms with van der Waals surface area (Å²) in [6, 6.07) is 48.6. The summed E-state index contributed by atoms with van der Waals surface area (Å²) in [6.45, 7) is 6.01. The molecule has 0 fully saturated rings. The highest BCUT2D eigenvalue weighted by Crippen LogP contribution is 2.46. The van der Waals surface area contributed by atoms with Gasteiger partial charge in [-0.15, -0.1) is 0 Å². The monoisotopic (exact) mass is 660 g/mol. The third kappa shape index (κ3) is 8.83. The van der Waals surface area contributed by atoms with Gasteiger partial charge >= 0.3 is 17.2 Å². The Morgan fingerprint density at radius 2 is 0.745 bits per heavy atom. The topological polar surface area (TPSA) is 55.4 Å². The van der Waals surface area contributed by atoms with Gasteiger partial charge in [-0.05, 0) is 109 Å². The van der Waals surface area contributed by atoms with Crippen LogP contribution in [0.3, 0.4) is 0 Å². The second kappa shape index (κ2) is 15.5. The number of hydrogen-bond acceptors (Lipinski definition) is 6. The van der Waals surface area contributed by atoms with Crippen molar-refractivity contribution >= 4 is 17.2 Å². The molecule has 6 nitrogen and oxygen atoms in total. The van der Waals surface area contributed by atoms with Crippen molar-refractivity contribution in [1.29, 1.82) is 0 Å². The summed E-state index contributed by atoms with van der Waals surface area (Å²) >= 11 is 0. The van der Waals surface area contributed by atoms with E-state index >= 15 is 0 Å². The van der Waals surface area contributed by atoms with Crippen molar-refractivity contribution in [3.8, 4) is 45.6 Å². The first-order valence-corrected chi connectivity index (χ1v) is 17.3. The third-order valence-electron chi connectivity index (χ3n) is 7.07. The van der Waals surface area contributed by atoms with Crippen LogP contribution >= 0.6 is 17.2 Å². The zero-order chi connectivity index (χ0) is 32.4. The lowest BCUT2D eigenvalue weighted by molar-refractivity contribution is 0.384. The second-order valence-electron chi connectivity index (χ2n) is 10.7. The van der Waals surface area contributed by atoms with Crippen molar-refractivity contribution in [1.82, 2.24) is 0 Å². The van der Waals surface area contributed by atoms with E-state index in [0.717, 1.165) is 27.8 Å². The summed E-state index contributed by atoms with van der Waals surface area (Å²) in [6.07, 6.45) is 0. The van der Waals surface area contributed by atoms with Crippen LogP contribution in [0.15, 0.2) is 152 Å². The molecule has 6 aromatic carbocycles. The molecule has 0 radical (unpaired) electrons. The van der Waals surface area contributed by atoms with E-state index in [1.807, 2.05) is 166 Å². The molecule has 8 heteroatoms. The van der Waals surface area contributed by atoms with Crippen molar-refractivity contribution in [3.63, 3.8) is 0 Å². The molecule has 0 aliphatic rings. The Hall–Kier alpha value is -5.02. The largest absolute Gasteiger partial charge is 0.530 e. The van der Waals surface area contributed by atoms with Crippen LogP contribution in [0.5, 0.6) is 34.5 Å². The van der Waals surface area contributed by atoms with E-state index in [0.29, 0.717) is 34.5 Å². The van der Waals surface area contributed by atoms with Gasteiger partial charge in [0.1, 0.15) is 34.5 Å². The Morgan fingerprint density at radius 3 is 1.28 bits per heavy atom. The molecule has 0 atom stereocenters. The molecule has 0 saturated heterocycles. The van der Waals surface area contributed by atoms with Crippen LogP contribution in [-0.4, -0.2) is 0 Å². The summed E-state index contributed by atoms with van der Waals surface area (Å²) in [5.74, 6) is 4.05. The van der Waals surface area contributed by atoms with E-state index < -0.39 is 17.2 Å². The normalized spacial score (nSPS) is 10.8. The van der Waals surface area contributed by atoms with Gasteiger partial charge in [-0.3, -0.25) is 0 Å². The third-order valence-corrected chi connectivity index (χ3v) is 9.19. The quantitative estimate of drug-likeness (QED) is 0.115. The molecule has 236 valence electrons. The smallest absolute Gasteiger partial charge is 0.409 e. The maximum atomic E-state index is 6.41. The van der Waals surface area contributed by atoms with Gasteiger partial charge in [-0.25, -0.2) is 0 Å². The Kier molecular flexibility index (Phi) is 10.5. The van der Waals surface area contributed by atoms with Crippen LogP contribution < -0.4 is 27.1 Å². The van der Waals surface area contributed by atoms with Gasteiger partial charge in [-0.2, -0.15) is 0 Å². The summed E-state index contributed by atoms with van der Waals surface area (Å²) in [5.41, 5.74) is 4.91. The molecular formula is C39H34O6P2. The fourth-order valence-corrected chi connectivity index (χ4v) is 6.75. The van der Waals surface area contributed by atoms with Crippen molar-refractivity contribution in [2.75, 3.05) is 0 Å². The van der Waals surface area contributed by atoms with Crippen molar-refractivity contribution < 1.29 is 27.1 Å². The van der Waals surface area contributed by atoms with Gasteiger partial charge < -0.3 is 27.1 Å². The van der Waals surface area contributed by atoms with Crippen LogP contribution in [0.2, 0.25) is 0 Å². The maximum absolute atomic E-state index is 6.41. The lowest BCUT2D eigenvalue weighted by Gasteiger charge is -2.21. The average Bonchev–Trinajstić information content (AvgIpc) is 3.09. The summed E-state index contributed by atoms with van der Waals surface area (Å²) in [7, 11) is -3.59. The summed E-state index contributed by atoms with van der Waals surface area (Å²) in [4.78, 5) is 0. The van der Waals surface area contributed by atoms with E-state index in [-0.39, 0.29) is 0 Å². The van der Waals surface area contributed by atoms with E-state index in [2.05, 4.69) is 6.07 Å². The number of aryl methyl sites for hydroxylation is 3. The molecule has 0 unspecified atom stereocenters. The first-order valence-electron chi connectivity index (χ1n) is 15.1. The van der Waals surface area contributed by atoms with Gasteiger partial charge in [0.05, 0.1) is 0 Å². The van der Waals surface area contributed by atoms with E-state index in [1.54, 1.807) is 0 Å². The van der Waals surface area contributed by atoms with Crippen LogP contribution in [0, 0.1) is 20.8 Å². The van der Waals surface area contributed by atoms with Crippen molar-refractivity contribution in [3.05, 3.63) is 168 Å². The molecule has 0 aromatic heterocycles. The van der Waals surface area contributed by atoms with Crippen LogP contribution in [0.4, 0.5) is 0 Å². The predicted molar refractivity (Wildman–Crippen MR) is 189 cm³/mol. The number of rotatable bonds is 13. The van der Waals surface area contributed by atoms with Gasteiger partial charge in [-0.1, -0.05) is 91.0 Å². The molecule has 0 spiro atoms. The molecule has 0 saturated carbocycles. The zero-order valence-electron chi connectivity index (χ0n) is 26.3. The van der Waals surface area contributed by atoms with Gasteiger partial charge in [0.15, 0.2) is 0 Å². The minimum atomic E-state index is -1.81. The molecule has 0 amide bonds. The molecule has 6 aromatic rings. The highest BCUT2D eigenvalue weighted by molar-refractivity contribution is 7.43. The van der Waals surface area contributed by atoms with Gasteiger partial charge in [0.2, 0.25) is 0 Å². The highest BCUT2D eigenvalue weighted by Gasteiger charge is 2.23. The minimum Gasteiger partial charge on any atom is -0.409 e. The van der Waals surface area contributed by atoms with Gasteiger partial charge in [0, 0.05) is 0 Å². The number of hydrogen-bond donors (Lipinski definition) is 0. The zero-order valence-corrected chi connectivity index (χ0v) is 28.1. The number of benzene rings is 6. The first kappa shape index (κ1) is 31.9. The summed E-state index contributed by atoms with van der Waals surface area (Å²) in [5, 5.41) is 0. The SMILES string of the molecule is Cc1ccccc1OP(Oc1ccccc1C)Oc1ccc(-c2cccc(OP(Oc3ccccc3)Oc3ccccc3)c2)cc1C. The Balaban J connectivity index is 1.21. The van der Waals surface area contributed by atoms with Crippen LogP contribution in [0.1, 0.15) is 16.7 Å². The average molecular weight is 661 g/mol. The fourth-order valence-electron chi connectivity index (χ4n) is 4.56. The first-order chi connectivity index (χ1) is 23.0. The predicted octanol–water partition coefficient (Wildman–Crippen LogP) is 11.8. The van der Waals surface area contributed by atoms with Crippen LogP contribution in [0.25, 0.3) is 11.1 Å². The standard InChI is InChI=1S/C39H34O6P2/c1-29-15-10-12-23-37(29)43-47(44-38-24-13-11-16-30(38)2)45-39-26-25-33(27-31(39)3)32-17-14-22-36(28-32)42-46(40-34-18-6-4-7-19-34)41-35-20-8-5-9-21-35/h4-28H,1-3H3. The molecular weight excluding hydrogens is 626 g/mol. The Labute approximate surface area is 278 Å². The van der Waals surface area contributed by atoms with E-state index in [4.69, 9.17) is 27.1 Å². The van der Waals surface area contributed by atoms with Crippen molar-refractivity contribution in [2.24, 2.45) is 0 Å². The lowest BCUT2D eigenvalue weighted by atomic mass is 10.0. The number of para-hydroxylation sites is 4. The van der Waals surface area contributed by atoms with E-state index in [9.17, 15) is 0 Å². The minimum absolute atomic E-state index is 0.625. The second-order valence-corrected chi connectivity index (χ2v) is 12.7. The van der Waals surface area contributed by atoms with Crippen molar-refractivity contribution in [2.45, 2.75) is 20.8 Å². The molecule has 6 rings (SSSR count). The Bertz CT molecular complexity index is 1810. The lowest BCUT2D eigenvalue weighted by Crippen LogP contribution is -2.04.